The minimum Gasteiger partial charge on any atom is -0.393 e. The molecule has 0 spiro atoms. The van der Waals surface area contributed by atoms with Crippen LogP contribution in [0.5, 0.6) is 0 Å². The van der Waals surface area contributed by atoms with Crippen molar-refractivity contribution in [3.05, 3.63) is 30.1 Å². The van der Waals surface area contributed by atoms with Gasteiger partial charge in [-0.25, -0.2) is 0 Å². The van der Waals surface area contributed by atoms with Crippen LogP contribution in [0.15, 0.2) is 24.5 Å². The van der Waals surface area contributed by atoms with Crippen LogP contribution in [0.25, 0.3) is 0 Å². The highest BCUT2D eigenvalue weighted by Gasteiger charge is 2.28. The quantitative estimate of drug-likeness (QED) is 0.762. The van der Waals surface area contributed by atoms with Gasteiger partial charge < -0.3 is 5.73 Å². The maximum absolute atomic E-state index is 5.55. The SMILES string of the molecule is NC(=S)CCN(Cc1ccncc1)C1CC1. The second kappa shape index (κ2) is 5.37. The highest BCUT2D eigenvalue weighted by molar-refractivity contribution is 7.80. The van der Waals surface area contributed by atoms with Crippen molar-refractivity contribution in [2.75, 3.05) is 6.54 Å². The Bertz CT molecular complexity index is 349. The topological polar surface area (TPSA) is 42.1 Å². The van der Waals surface area contributed by atoms with Gasteiger partial charge in [0.15, 0.2) is 0 Å². The van der Waals surface area contributed by atoms with E-state index in [1.807, 2.05) is 12.4 Å². The molecule has 2 rings (SSSR count). The van der Waals surface area contributed by atoms with E-state index in [0.717, 1.165) is 25.6 Å². The van der Waals surface area contributed by atoms with Gasteiger partial charge in [0.1, 0.15) is 0 Å². The third-order valence-corrected chi connectivity index (χ3v) is 3.05. The molecule has 0 atom stereocenters. The van der Waals surface area contributed by atoms with Crippen molar-refractivity contribution in [3.63, 3.8) is 0 Å². The van der Waals surface area contributed by atoms with Crippen LogP contribution in [0.3, 0.4) is 0 Å². The molecule has 1 heterocycles. The van der Waals surface area contributed by atoms with Crippen molar-refractivity contribution in [2.24, 2.45) is 5.73 Å². The van der Waals surface area contributed by atoms with E-state index in [-0.39, 0.29) is 0 Å². The fourth-order valence-electron chi connectivity index (χ4n) is 1.81. The van der Waals surface area contributed by atoms with Crippen LogP contribution in [0.1, 0.15) is 24.8 Å². The molecule has 1 aromatic heterocycles. The third-order valence-electron chi connectivity index (χ3n) is 2.84. The Labute approximate surface area is 102 Å². The number of hydrogen-bond acceptors (Lipinski definition) is 3. The maximum atomic E-state index is 5.55. The number of rotatable bonds is 6. The summed E-state index contributed by atoms with van der Waals surface area (Å²) < 4.78 is 0. The number of aromatic nitrogens is 1. The predicted octanol–water partition coefficient (Wildman–Crippen LogP) is 1.72. The molecule has 0 unspecified atom stereocenters. The molecular formula is C12H17N3S. The Balaban J connectivity index is 1.90. The van der Waals surface area contributed by atoms with Crippen molar-refractivity contribution >= 4 is 17.2 Å². The zero-order chi connectivity index (χ0) is 11.4. The molecule has 1 aliphatic rings. The van der Waals surface area contributed by atoms with Crippen molar-refractivity contribution in [2.45, 2.75) is 31.8 Å². The zero-order valence-electron chi connectivity index (χ0n) is 9.30. The summed E-state index contributed by atoms with van der Waals surface area (Å²) in [6, 6.07) is 4.87. The number of pyridine rings is 1. The second-order valence-corrected chi connectivity index (χ2v) is 4.80. The molecule has 2 N–H and O–H groups in total. The first-order valence-electron chi connectivity index (χ1n) is 5.67. The van der Waals surface area contributed by atoms with Crippen LogP contribution >= 0.6 is 12.2 Å². The highest BCUT2D eigenvalue weighted by Crippen LogP contribution is 2.28. The van der Waals surface area contributed by atoms with Crippen LogP contribution < -0.4 is 5.73 Å². The van der Waals surface area contributed by atoms with E-state index in [1.54, 1.807) is 0 Å². The zero-order valence-corrected chi connectivity index (χ0v) is 10.1. The second-order valence-electron chi connectivity index (χ2n) is 4.27. The van der Waals surface area contributed by atoms with Gasteiger partial charge in [-0.3, -0.25) is 9.88 Å². The van der Waals surface area contributed by atoms with Crippen molar-refractivity contribution in [1.29, 1.82) is 0 Å². The smallest absolute Gasteiger partial charge is 0.0740 e. The van der Waals surface area contributed by atoms with E-state index in [0.29, 0.717) is 4.99 Å². The normalized spacial score (nSPS) is 15.3. The Morgan fingerprint density at radius 1 is 1.44 bits per heavy atom. The lowest BCUT2D eigenvalue weighted by atomic mass is 10.2. The van der Waals surface area contributed by atoms with Gasteiger partial charge in [-0.1, -0.05) is 12.2 Å². The lowest BCUT2D eigenvalue weighted by Gasteiger charge is -2.21. The third kappa shape index (κ3) is 3.54. The molecule has 0 aromatic carbocycles. The van der Waals surface area contributed by atoms with E-state index in [1.165, 1.54) is 18.4 Å². The Kier molecular flexibility index (Phi) is 3.85. The summed E-state index contributed by atoms with van der Waals surface area (Å²) in [5.41, 5.74) is 6.86. The summed E-state index contributed by atoms with van der Waals surface area (Å²) in [5.74, 6) is 0. The summed E-state index contributed by atoms with van der Waals surface area (Å²) in [6.07, 6.45) is 7.11. The van der Waals surface area contributed by atoms with Gasteiger partial charge in [-0.15, -0.1) is 0 Å². The van der Waals surface area contributed by atoms with Gasteiger partial charge in [0.05, 0.1) is 4.99 Å². The molecule has 86 valence electrons. The van der Waals surface area contributed by atoms with E-state index in [2.05, 4.69) is 22.0 Å². The summed E-state index contributed by atoms with van der Waals surface area (Å²) in [5, 5.41) is 0. The summed E-state index contributed by atoms with van der Waals surface area (Å²) in [4.78, 5) is 7.11. The Morgan fingerprint density at radius 3 is 2.69 bits per heavy atom. The van der Waals surface area contributed by atoms with Crippen molar-refractivity contribution in [1.82, 2.24) is 9.88 Å². The highest BCUT2D eigenvalue weighted by atomic mass is 32.1. The molecule has 1 fully saturated rings. The molecular weight excluding hydrogens is 218 g/mol. The monoisotopic (exact) mass is 235 g/mol. The van der Waals surface area contributed by atoms with Crippen LogP contribution in [-0.4, -0.2) is 27.5 Å². The average Bonchev–Trinajstić information content (AvgIpc) is 3.09. The van der Waals surface area contributed by atoms with Crippen LogP contribution in [0.2, 0.25) is 0 Å². The molecule has 4 heteroatoms. The lowest BCUT2D eigenvalue weighted by molar-refractivity contribution is 0.262. The summed E-state index contributed by atoms with van der Waals surface area (Å²) in [6.45, 7) is 1.96. The molecule has 0 saturated heterocycles. The first-order valence-corrected chi connectivity index (χ1v) is 6.08. The van der Waals surface area contributed by atoms with Gasteiger partial charge in [0.25, 0.3) is 0 Å². The van der Waals surface area contributed by atoms with E-state index in [4.69, 9.17) is 18.0 Å². The first kappa shape index (κ1) is 11.5. The van der Waals surface area contributed by atoms with E-state index >= 15 is 0 Å². The largest absolute Gasteiger partial charge is 0.393 e. The van der Waals surface area contributed by atoms with Gasteiger partial charge in [-0.2, -0.15) is 0 Å². The number of nitrogens with zero attached hydrogens (tertiary/aromatic N) is 2. The summed E-state index contributed by atoms with van der Waals surface area (Å²) in [7, 11) is 0. The van der Waals surface area contributed by atoms with Gasteiger partial charge in [0, 0.05) is 37.9 Å². The number of thiocarbonyl (C=S) groups is 1. The van der Waals surface area contributed by atoms with Crippen LogP contribution in [-0.2, 0) is 6.54 Å². The van der Waals surface area contributed by atoms with Crippen molar-refractivity contribution in [3.8, 4) is 0 Å². The van der Waals surface area contributed by atoms with Crippen LogP contribution in [0, 0.1) is 0 Å². The molecule has 0 amide bonds. The minimum absolute atomic E-state index is 0.611. The van der Waals surface area contributed by atoms with Gasteiger partial charge >= 0.3 is 0 Å². The molecule has 0 aliphatic heterocycles. The minimum atomic E-state index is 0.611. The van der Waals surface area contributed by atoms with Gasteiger partial charge in [0.2, 0.25) is 0 Å². The standard InChI is InChI=1S/C12H17N3S/c13-12(16)5-8-15(11-1-2-11)9-10-3-6-14-7-4-10/h3-4,6-7,11H,1-2,5,8-9H2,(H2,13,16). The molecule has 3 nitrogen and oxygen atoms in total. The molecule has 0 bridgehead atoms. The molecule has 1 aliphatic carbocycles. The summed E-state index contributed by atoms with van der Waals surface area (Å²) >= 11 is 4.93. The fraction of sp³-hybridized carbons (Fsp3) is 0.500. The lowest BCUT2D eigenvalue weighted by Crippen LogP contribution is -2.29. The molecule has 16 heavy (non-hydrogen) atoms. The number of nitrogens with two attached hydrogens (primary N) is 1. The van der Waals surface area contributed by atoms with E-state index < -0.39 is 0 Å². The molecule has 1 saturated carbocycles. The Morgan fingerprint density at radius 2 is 2.12 bits per heavy atom. The predicted molar refractivity (Wildman–Crippen MR) is 69.1 cm³/mol. The first-order chi connectivity index (χ1) is 7.75. The van der Waals surface area contributed by atoms with Crippen LogP contribution in [0.4, 0.5) is 0 Å². The number of hydrogen-bond donors (Lipinski definition) is 1. The molecule has 1 aromatic rings. The molecule has 0 radical (unpaired) electrons. The maximum Gasteiger partial charge on any atom is 0.0740 e. The van der Waals surface area contributed by atoms with Crippen molar-refractivity contribution < 1.29 is 0 Å². The Hall–Kier alpha value is -1.00. The van der Waals surface area contributed by atoms with E-state index in [9.17, 15) is 0 Å². The average molecular weight is 235 g/mol. The fourth-order valence-corrected chi connectivity index (χ4v) is 1.90. The van der Waals surface area contributed by atoms with Gasteiger partial charge in [-0.05, 0) is 30.5 Å².